The predicted octanol–water partition coefficient (Wildman–Crippen LogP) is 2.26. The highest BCUT2D eigenvalue weighted by Gasteiger charge is 2.23. The van der Waals surface area contributed by atoms with Crippen molar-refractivity contribution in [3.8, 4) is 5.75 Å². The van der Waals surface area contributed by atoms with E-state index < -0.39 is 6.10 Å². The van der Waals surface area contributed by atoms with Crippen molar-refractivity contribution in [3.05, 3.63) is 53.7 Å². The Labute approximate surface area is 148 Å². The van der Waals surface area contributed by atoms with Crippen LogP contribution in [0, 0.1) is 0 Å². The van der Waals surface area contributed by atoms with Gasteiger partial charge in [0, 0.05) is 45.3 Å². The van der Waals surface area contributed by atoms with Gasteiger partial charge in [0.15, 0.2) is 0 Å². The third kappa shape index (κ3) is 3.62. The SMILES string of the molecule is C[C@H]1Cc2cc([C@H](O)CN3CCN(c4ccccn4)CC3)ccc2O1. The first-order valence-corrected chi connectivity index (χ1v) is 9.05. The van der Waals surface area contributed by atoms with Crippen molar-refractivity contribution < 1.29 is 9.84 Å². The van der Waals surface area contributed by atoms with Gasteiger partial charge in [0.2, 0.25) is 0 Å². The number of hydrogen-bond acceptors (Lipinski definition) is 5. The lowest BCUT2D eigenvalue weighted by molar-refractivity contribution is 0.109. The second-order valence-corrected chi connectivity index (χ2v) is 6.99. The Hall–Kier alpha value is -2.11. The first-order valence-electron chi connectivity index (χ1n) is 9.05. The number of aliphatic hydroxyl groups excluding tert-OH is 1. The van der Waals surface area contributed by atoms with Crippen molar-refractivity contribution in [3.63, 3.8) is 0 Å². The normalized spacial score (nSPS) is 21.7. The standard InChI is InChI=1S/C20H25N3O2/c1-15-12-17-13-16(5-6-19(17)25-15)18(24)14-22-8-10-23(11-9-22)20-4-2-3-7-21-20/h2-7,13,15,18,24H,8-12,14H2,1H3/t15-,18+/m0/s1. The molecule has 1 fully saturated rings. The summed E-state index contributed by atoms with van der Waals surface area (Å²) in [5.74, 6) is 2.00. The molecule has 0 bridgehead atoms. The van der Waals surface area contributed by atoms with Crippen molar-refractivity contribution in [2.75, 3.05) is 37.6 Å². The third-order valence-electron chi connectivity index (χ3n) is 5.08. The Morgan fingerprint density at radius 1 is 1.20 bits per heavy atom. The van der Waals surface area contributed by atoms with Crippen LogP contribution in [0.15, 0.2) is 42.6 Å². The first-order chi connectivity index (χ1) is 12.2. The maximum absolute atomic E-state index is 10.6. The van der Waals surface area contributed by atoms with E-state index in [0.717, 1.165) is 49.7 Å². The van der Waals surface area contributed by atoms with Crippen LogP contribution in [-0.2, 0) is 6.42 Å². The molecule has 0 saturated carbocycles. The molecule has 1 aromatic carbocycles. The van der Waals surface area contributed by atoms with Gasteiger partial charge in [0.05, 0.1) is 6.10 Å². The van der Waals surface area contributed by atoms with Gasteiger partial charge in [0.25, 0.3) is 0 Å². The van der Waals surface area contributed by atoms with Crippen LogP contribution in [0.5, 0.6) is 5.75 Å². The summed E-state index contributed by atoms with van der Waals surface area (Å²) in [6.07, 6.45) is 2.55. The largest absolute Gasteiger partial charge is 0.490 e. The summed E-state index contributed by atoms with van der Waals surface area (Å²) in [5.41, 5.74) is 2.20. The molecule has 0 radical (unpaired) electrons. The van der Waals surface area contributed by atoms with Crippen LogP contribution in [-0.4, -0.2) is 53.8 Å². The number of ether oxygens (including phenoxy) is 1. The molecule has 0 unspecified atom stereocenters. The zero-order valence-corrected chi connectivity index (χ0v) is 14.6. The number of fused-ring (bicyclic) bond motifs is 1. The number of hydrogen-bond donors (Lipinski definition) is 1. The molecule has 2 aromatic rings. The molecule has 5 nitrogen and oxygen atoms in total. The topological polar surface area (TPSA) is 48.8 Å². The van der Waals surface area contributed by atoms with Gasteiger partial charge in [0.1, 0.15) is 17.7 Å². The van der Waals surface area contributed by atoms with Gasteiger partial charge in [-0.05, 0) is 42.3 Å². The van der Waals surface area contributed by atoms with Crippen LogP contribution in [0.25, 0.3) is 0 Å². The maximum atomic E-state index is 10.6. The minimum Gasteiger partial charge on any atom is -0.490 e. The fourth-order valence-electron chi connectivity index (χ4n) is 3.70. The lowest BCUT2D eigenvalue weighted by Gasteiger charge is -2.36. The number of aromatic nitrogens is 1. The van der Waals surface area contributed by atoms with Crippen molar-refractivity contribution in [2.45, 2.75) is 25.6 Å². The van der Waals surface area contributed by atoms with E-state index in [-0.39, 0.29) is 6.10 Å². The Bertz CT molecular complexity index is 714. The number of rotatable bonds is 4. The number of aliphatic hydroxyl groups is 1. The molecule has 1 aromatic heterocycles. The maximum Gasteiger partial charge on any atom is 0.128 e. The molecule has 132 valence electrons. The average molecular weight is 339 g/mol. The van der Waals surface area contributed by atoms with E-state index in [4.69, 9.17) is 4.74 Å². The van der Waals surface area contributed by atoms with Gasteiger partial charge in [-0.15, -0.1) is 0 Å². The number of piperazine rings is 1. The van der Waals surface area contributed by atoms with E-state index in [1.54, 1.807) is 0 Å². The Morgan fingerprint density at radius 3 is 2.80 bits per heavy atom. The van der Waals surface area contributed by atoms with E-state index in [2.05, 4.69) is 33.8 Å². The summed E-state index contributed by atoms with van der Waals surface area (Å²) < 4.78 is 5.74. The Kier molecular flexibility index (Phi) is 4.59. The number of β-amino-alcohol motifs (C(OH)–C–C–N with tert-alkyl or cyclic N) is 1. The monoisotopic (exact) mass is 339 g/mol. The smallest absolute Gasteiger partial charge is 0.128 e. The van der Waals surface area contributed by atoms with Gasteiger partial charge in [-0.25, -0.2) is 4.98 Å². The van der Waals surface area contributed by atoms with E-state index in [0.29, 0.717) is 6.54 Å². The highest BCUT2D eigenvalue weighted by molar-refractivity contribution is 5.41. The average Bonchev–Trinajstić information content (AvgIpc) is 3.02. The van der Waals surface area contributed by atoms with Crippen LogP contribution in [0.2, 0.25) is 0 Å². The molecular weight excluding hydrogens is 314 g/mol. The fourth-order valence-corrected chi connectivity index (χ4v) is 3.70. The van der Waals surface area contributed by atoms with Gasteiger partial charge in [-0.1, -0.05) is 12.1 Å². The molecule has 2 atom stereocenters. The van der Waals surface area contributed by atoms with E-state index in [1.165, 1.54) is 5.56 Å². The second-order valence-electron chi connectivity index (χ2n) is 6.99. The lowest BCUT2D eigenvalue weighted by atomic mass is 10.0. The summed E-state index contributed by atoms with van der Waals surface area (Å²) in [6.45, 7) is 6.53. The number of nitrogens with zero attached hydrogens (tertiary/aromatic N) is 3. The molecule has 1 N–H and O–H groups in total. The van der Waals surface area contributed by atoms with E-state index >= 15 is 0 Å². The molecule has 0 aliphatic carbocycles. The number of anilines is 1. The van der Waals surface area contributed by atoms with Crippen LogP contribution in [0.3, 0.4) is 0 Å². The summed E-state index contributed by atoms with van der Waals surface area (Å²) in [6, 6.07) is 12.1. The molecule has 3 heterocycles. The highest BCUT2D eigenvalue weighted by atomic mass is 16.5. The zero-order valence-electron chi connectivity index (χ0n) is 14.6. The summed E-state index contributed by atoms with van der Waals surface area (Å²) in [4.78, 5) is 9.05. The van der Waals surface area contributed by atoms with Crippen molar-refractivity contribution >= 4 is 5.82 Å². The summed E-state index contributed by atoms with van der Waals surface area (Å²) in [5, 5.41) is 10.6. The molecule has 4 rings (SSSR count). The van der Waals surface area contributed by atoms with Crippen LogP contribution in [0.4, 0.5) is 5.82 Å². The van der Waals surface area contributed by atoms with Crippen molar-refractivity contribution in [2.24, 2.45) is 0 Å². The molecule has 2 aliphatic heterocycles. The van der Waals surface area contributed by atoms with Crippen LogP contribution >= 0.6 is 0 Å². The Balaban J connectivity index is 1.33. The molecule has 0 spiro atoms. The minimum absolute atomic E-state index is 0.238. The van der Waals surface area contributed by atoms with Crippen molar-refractivity contribution in [1.29, 1.82) is 0 Å². The molecule has 0 amide bonds. The second kappa shape index (κ2) is 7.02. The Morgan fingerprint density at radius 2 is 2.04 bits per heavy atom. The fraction of sp³-hybridized carbons (Fsp3) is 0.450. The van der Waals surface area contributed by atoms with Crippen molar-refractivity contribution in [1.82, 2.24) is 9.88 Å². The molecular formula is C20H25N3O2. The molecule has 1 saturated heterocycles. The summed E-state index contributed by atoms with van der Waals surface area (Å²) in [7, 11) is 0. The van der Waals surface area contributed by atoms with E-state index in [9.17, 15) is 5.11 Å². The van der Waals surface area contributed by atoms with Gasteiger partial charge >= 0.3 is 0 Å². The first kappa shape index (κ1) is 16.4. The minimum atomic E-state index is -0.456. The molecule has 2 aliphatic rings. The quantitative estimate of drug-likeness (QED) is 0.926. The van der Waals surface area contributed by atoms with Gasteiger partial charge in [-0.2, -0.15) is 0 Å². The lowest BCUT2D eigenvalue weighted by Crippen LogP contribution is -2.47. The highest BCUT2D eigenvalue weighted by Crippen LogP contribution is 2.31. The van der Waals surface area contributed by atoms with Gasteiger partial charge < -0.3 is 14.7 Å². The predicted molar refractivity (Wildman–Crippen MR) is 98.1 cm³/mol. The molecule has 25 heavy (non-hydrogen) atoms. The summed E-state index contributed by atoms with van der Waals surface area (Å²) >= 11 is 0. The van der Waals surface area contributed by atoms with E-state index in [1.807, 2.05) is 30.5 Å². The zero-order chi connectivity index (χ0) is 17.2. The number of benzene rings is 1. The van der Waals surface area contributed by atoms with Crippen LogP contribution < -0.4 is 9.64 Å². The van der Waals surface area contributed by atoms with Crippen LogP contribution in [0.1, 0.15) is 24.2 Å². The number of pyridine rings is 1. The van der Waals surface area contributed by atoms with Gasteiger partial charge in [-0.3, -0.25) is 4.90 Å². The third-order valence-corrected chi connectivity index (χ3v) is 5.08. The molecule has 5 heteroatoms.